The van der Waals surface area contributed by atoms with Gasteiger partial charge < -0.3 is 9.74 Å². The van der Waals surface area contributed by atoms with Crippen molar-refractivity contribution in [3.8, 4) is 0 Å². The molecule has 0 saturated heterocycles. The van der Waals surface area contributed by atoms with Crippen molar-refractivity contribution in [2.45, 2.75) is 32.4 Å². The molecule has 7 heteroatoms. The van der Waals surface area contributed by atoms with Crippen molar-refractivity contribution in [2.75, 3.05) is 6.54 Å². The van der Waals surface area contributed by atoms with E-state index < -0.39 is 0 Å². The minimum absolute atomic E-state index is 0.00547. The molecule has 2 aromatic carbocycles. The summed E-state index contributed by atoms with van der Waals surface area (Å²) in [5, 5.41) is 5.08. The monoisotopic (exact) mass is 408 g/mol. The Balaban J connectivity index is 1.65. The number of hydrogen-bond acceptors (Lipinski definition) is 3. The molecule has 0 radical (unpaired) electrons. The molecule has 0 bridgehead atoms. The van der Waals surface area contributed by atoms with Crippen LogP contribution in [0.25, 0.3) is 0 Å². The molecule has 142 valence electrons. The van der Waals surface area contributed by atoms with Crippen molar-refractivity contribution in [3.05, 3.63) is 69.5 Å². The van der Waals surface area contributed by atoms with E-state index >= 15 is 0 Å². The van der Waals surface area contributed by atoms with E-state index in [0.29, 0.717) is 36.0 Å². The maximum atomic E-state index is 13.1. The van der Waals surface area contributed by atoms with Crippen molar-refractivity contribution < 1.29 is 14.0 Å². The summed E-state index contributed by atoms with van der Waals surface area (Å²) >= 11 is 12.0. The van der Waals surface area contributed by atoms with E-state index in [4.69, 9.17) is 28.0 Å². The van der Waals surface area contributed by atoms with E-state index in [1.165, 1.54) is 12.1 Å². The van der Waals surface area contributed by atoms with Gasteiger partial charge in [-0.2, -0.15) is 0 Å². The van der Waals surface area contributed by atoms with Crippen molar-refractivity contribution in [2.24, 2.45) is 5.16 Å². The Hall–Kier alpha value is -2.11. The minimum atomic E-state index is -0.300. The Morgan fingerprint density at radius 3 is 2.63 bits per heavy atom. The Morgan fingerprint density at radius 1 is 1.22 bits per heavy atom. The standard InChI is InChI=1S/C20H19Cl2FN2O2/c1-2-20(26)25(11-13-3-6-15(23)7-4-13)12-16-10-19(24-27-16)14-5-8-17(21)18(22)9-14/h3-9,16H,2,10-12H2,1H3/t16-/m1/s1. The molecule has 0 fully saturated rings. The lowest BCUT2D eigenvalue weighted by atomic mass is 10.0. The van der Waals surface area contributed by atoms with Gasteiger partial charge >= 0.3 is 0 Å². The quantitative estimate of drug-likeness (QED) is 0.669. The molecular formula is C20H19Cl2FN2O2. The van der Waals surface area contributed by atoms with Crippen LogP contribution in [0.1, 0.15) is 30.9 Å². The molecule has 0 unspecified atom stereocenters. The lowest BCUT2D eigenvalue weighted by Crippen LogP contribution is -2.36. The van der Waals surface area contributed by atoms with Gasteiger partial charge in [-0.3, -0.25) is 4.79 Å². The van der Waals surface area contributed by atoms with E-state index in [0.717, 1.165) is 16.8 Å². The van der Waals surface area contributed by atoms with E-state index in [1.807, 2.05) is 13.0 Å². The molecule has 27 heavy (non-hydrogen) atoms. The van der Waals surface area contributed by atoms with Crippen LogP contribution in [-0.4, -0.2) is 29.2 Å². The molecule has 1 heterocycles. The van der Waals surface area contributed by atoms with Crippen LogP contribution in [0.15, 0.2) is 47.6 Å². The van der Waals surface area contributed by atoms with Crippen molar-refractivity contribution in [1.82, 2.24) is 4.90 Å². The van der Waals surface area contributed by atoms with Gasteiger partial charge in [-0.05, 0) is 29.8 Å². The first-order chi connectivity index (χ1) is 13.0. The minimum Gasteiger partial charge on any atom is -0.390 e. The zero-order chi connectivity index (χ0) is 19.4. The van der Waals surface area contributed by atoms with Gasteiger partial charge in [-0.15, -0.1) is 0 Å². The molecule has 0 spiro atoms. The zero-order valence-corrected chi connectivity index (χ0v) is 16.3. The Labute approximate surface area is 167 Å². The van der Waals surface area contributed by atoms with E-state index in [1.54, 1.807) is 29.2 Å². The molecule has 1 atom stereocenters. The van der Waals surface area contributed by atoms with Crippen LogP contribution >= 0.6 is 23.2 Å². The number of halogens is 3. The average Bonchev–Trinajstić information content (AvgIpc) is 3.13. The molecule has 2 aromatic rings. The SMILES string of the molecule is CCC(=O)N(Cc1ccc(F)cc1)C[C@H]1CC(c2ccc(Cl)c(Cl)c2)=NO1. The average molecular weight is 409 g/mol. The summed E-state index contributed by atoms with van der Waals surface area (Å²) in [6.07, 6.45) is 0.703. The maximum Gasteiger partial charge on any atom is 0.222 e. The molecule has 1 aliphatic heterocycles. The van der Waals surface area contributed by atoms with Crippen LogP contribution in [0.3, 0.4) is 0 Å². The second kappa shape index (κ2) is 8.72. The molecule has 4 nitrogen and oxygen atoms in total. The van der Waals surface area contributed by atoms with Crippen LogP contribution in [0, 0.1) is 5.82 Å². The smallest absolute Gasteiger partial charge is 0.222 e. The summed E-state index contributed by atoms with van der Waals surface area (Å²) in [7, 11) is 0. The number of carbonyl (C=O) groups excluding carboxylic acids is 1. The normalized spacial score (nSPS) is 16.0. The van der Waals surface area contributed by atoms with Crippen molar-refractivity contribution in [3.63, 3.8) is 0 Å². The van der Waals surface area contributed by atoms with Crippen molar-refractivity contribution in [1.29, 1.82) is 0 Å². The van der Waals surface area contributed by atoms with Crippen LogP contribution in [0.5, 0.6) is 0 Å². The third-order valence-electron chi connectivity index (χ3n) is 4.35. The third-order valence-corrected chi connectivity index (χ3v) is 5.09. The van der Waals surface area contributed by atoms with E-state index in [-0.39, 0.29) is 17.8 Å². The molecule has 0 aromatic heterocycles. The fraction of sp³-hybridized carbons (Fsp3) is 0.300. The third kappa shape index (κ3) is 4.99. The zero-order valence-electron chi connectivity index (χ0n) is 14.8. The summed E-state index contributed by atoms with van der Waals surface area (Å²) in [5.41, 5.74) is 2.48. The highest BCUT2D eigenvalue weighted by Gasteiger charge is 2.26. The van der Waals surface area contributed by atoms with Crippen molar-refractivity contribution >= 4 is 34.8 Å². The highest BCUT2D eigenvalue weighted by molar-refractivity contribution is 6.42. The van der Waals surface area contributed by atoms with Gasteiger partial charge in [0.1, 0.15) is 5.82 Å². The first kappa shape index (κ1) is 19.6. The number of nitrogens with zero attached hydrogens (tertiary/aromatic N) is 2. The Kier molecular flexibility index (Phi) is 6.34. The summed E-state index contributed by atoms with van der Waals surface area (Å²) in [6.45, 7) is 2.61. The van der Waals surface area contributed by atoms with E-state index in [9.17, 15) is 9.18 Å². The second-order valence-electron chi connectivity index (χ2n) is 6.35. The fourth-order valence-electron chi connectivity index (χ4n) is 2.91. The predicted octanol–water partition coefficient (Wildman–Crippen LogP) is 5.06. The van der Waals surface area contributed by atoms with Gasteiger partial charge in [-0.1, -0.05) is 53.5 Å². The Morgan fingerprint density at radius 2 is 1.96 bits per heavy atom. The summed E-state index contributed by atoms with van der Waals surface area (Å²) in [6, 6.07) is 11.4. The van der Waals surface area contributed by atoms with Gasteiger partial charge in [0.15, 0.2) is 6.10 Å². The first-order valence-electron chi connectivity index (χ1n) is 8.66. The summed E-state index contributed by atoms with van der Waals surface area (Å²) < 4.78 is 13.1. The molecule has 3 rings (SSSR count). The molecule has 1 amide bonds. The first-order valence-corrected chi connectivity index (χ1v) is 9.42. The van der Waals surface area contributed by atoms with Gasteiger partial charge in [0.25, 0.3) is 0 Å². The van der Waals surface area contributed by atoms with Gasteiger partial charge in [0.05, 0.1) is 22.3 Å². The molecule has 0 saturated carbocycles. The van der Waals surface area contributed by atoms with Crippen LogP contribution in [0.4, 0.5) is 4.39 Å². The largest absolute Gasteiger partial charge is 0.390 e. The number of rotatable bonds is 6. The molecule has 0 aliphatic carbocycles. The fourth-order valence-corrected chi connectivity index (χ4v) is 3.20. The van der Waals surface area contributed by atoms with Crippen LogP contribution in [0.2, 0.25) is 10.0 Å². The van der Waals surface area contributed by atoms with Gasteiger partial charge in [-0.25, -0.2) is 4.39 Å². The number of carbonyl (C=O) groups is 1. The highest BCUT2D eigenvalue weighted by atomic mass is 35.5. The molecule has 1 aliphatic rings. The predicted molar refractivity (Wildman–Crippen MR) is 105 cm³/mol. The molecular weight excluding hydrogens is 390 g/mol. The Bertz CT molecular complexity index is 856. The number of oxime groups is 1. The summed E-state index contributed by atoms with van der Waals surface area (Å²) in [4.78, 5) is 19.6. The van der Waals surface area contributed by atoms with Gasteiger partial charge in [0, 0.05) is 24.9 Å². The number of hydrogen-bond donors (Lipinski definition) is 0. The number of amides is 1. The summed E-state index contributed by atoms with van der Waals surface area (Å²) in [5.74, 6) is -0.295. The van der Waals surface area contributed by atoms with E-state index in [2.05, 4.69) is 5.16 Å². The topological polar surface area (TPSA) is 41.9 Å². The highest BCUT2D eigenvalue weighted by Crippen LogP contribution is 2.26. The maximum absolute atomic E-state index is 13.1. The van der Waals surface area contributed by atoms with Crippen LogP contribution < -0.4 is 0 Å². The van der Waals surface area contributed by atoms with Crippen LogP contribution in [-0.2, 0) is 16.2 Å². The second-order valence-corrected chi connectivity index (χ2v) is 7.17. The van der Waals surface area contributed by atoms with Gasteiger partial charge in [0.2, 0.25) is 5.91 Å². The lowest BCUT2D eigenvalue weighted by molar-refractivity contribution is -0.133. The lowest BCUT2D eigenvalue weighted by Gasteiger charge is -2.24. The molecule has 0 N–H and O–H groups in total. The number of benzene rings is 2.